The molecule has 0 radical (unpaired) electrons. The summed E-state index contributed by atoms with van der Waals surface area (Å²) in [5.74, 6) is -0.700. The first kappa shape index (κ1) is 32.5. The lowest BCUT2D eigenvalue weighted by atomic mass is 10.0. The third-order valence-corrected chi connectivity index (χ3v) is 13.6. The molecule has 0 amide bonds. The maximum atomic E-state index is 11.6. The second-order valence-electron chi connectivity index (χ2n) is 11.1. The Labute approximate surface area is 289 Å². The maximum Gasteiger partial charge on any atom is 0.265 e. The fraction of sp³-hybridized carbons (Fsp3) is 0.182. The number of aromatic nitrogens is 1. The average molecular weight is 742 g/mol. The summed E-state index contributed by atoms with van der Waals surface area (Å²) in [7, 11) is -8.25. The lowest BCUT2D eigenvalue weighted by Gasteiger charge is -2.20. The molecular formula is C33H29N2O6S6+. The van der Waals surface area contributed by atoms with E-state index in [-0.39, 0.29) is 24.3 Å². The van der Waals surface area contributed by atoms with E-state index in [2.05, 4.69) is 81.6 Å². The van der Waals surface area contributed by atoms with E-state index < -0.39 is 20.2 Å². The van der Waals surface area contributed by atoms with Crippen LogP contribution >= 0.6 is 45.8 Å². The smallest absolute Gasteiger partial charge is 0.265 e. The quantitative estimate of drug-likeness (QED) is 0.101. The molecule has 242 valence electrons. The Balaban J connectivity index is 1.32. The molecule has 3 aromatic carbocycles. The van der Waals surface area contributed by atoms with Crippen molar-refractivity contribution in [1.29, 1.82) is 0 Å². The van der Waals surface area contributed by atoms with Crippen LogP contribution in [0.15, 0.2) is 93.5 Å². The molecule has 0 fully saturated rings. The van der Waals surface area contributed by atoms with Crippen LogP contribution in [-0.4, -0.2) is 44.0 Å². The number of thioether (sulfide) groups is 1. The molecular weight excluding hydrogens is 713 g/mol. The normalized spacial score (nSPS) is 14.5. The number of aryl methyl sites for hydroxylation is 1. The number of thiazole rings is 1. The topological polar surface area (TPSA) is 116 Å². The summed E-state index contributed by atoms with van der Waals surface area (Å²) >= 11 is 6.52. The van der Waals surface area contributed by atoms with Gasteiger partial charge in [-0.1, -0.05) is 59.5 Å². The first-order valence-corrected chi connectivity index (χ1v) is 21.3. The Hall–Kier alpha value is -3.08. The van der Waals surface area contributed by atoms with Gasteiger partial charge in [-0.2, -0.15) is 21.4 Å². The maximum absolute atomic E-state index is 11.6. The molecule has 6 aromatic rings. The molecule has 47 heavy (non-hydrogen) atoms. The number of rotatable bonds is 11. The molecule has 0 saturated carbocycles. The molecule has 0 bridgehead atoms. The molecule has 7 rings (SSSR count). The van der Waals surface area contributed by atoms with E-state index in [1.54, 1.807) is 45.8 Å². The van der Waals surface area contributed by atoms with Gasteiger partial charge < -0.3 is 4.90 Å². The van der Waals surface area contributed by atoms with Crippen LogP contribution in [0.5, 0.6) is 0 Å². The summed E-state index contributed by atoms with van der Waals surface area (Å²) in [6.07, 6.45) is 2.53. The zero-order valence-corrected chi connectivity index (χ0v) is 29.7. The van der Waals surface area contributed by atoms with Crippen molar-refractivity contribution < 1.29 is 30.5 Å². The van der Waals surface area contributed by atoms with E-state index in [1.165, 1.54) is 10.1 Å². The van der Waals surface area contributed by atoms with Crippen molar-refractivity contribution >= 4 is 98.1 Å². The van der Waals surface area contributed by atoms with Crippen molar-refractivity contribution in [1.82, 2.24) is 0 Å². The molecule has 0 spiro atoms. The monoisotopic (exact) mass is 741 g/mol. The van der Waals surface area contributed by atoms with Gasteiger partial charge in [-0.3, -0.25) is 9.11 Å². The van der Waals surface area contributed by atoms with E-state index >= 15 is 0 Å². The zero-order chi connectivity index (χ0) is 32.8. The van der Waals surface area contributed by atoms with Crippen LogP contribution in [0.2, 0.25) is 0 Å². The van der Waals surface area contributed by atoms with Crippen LogP contribution in [0.25, 0.3) is 47.9 Å². The number of fused-ring (bicyclic) bond motifs is 3. The fourth-order valence-electron chi connectivity index (χ4n) is 5.78. The molecule has 0 atom stereocenters. The SMILES string of the molecule is O=S(=O)(O)CCCN1C(=Cc2sc3ccc(-c4cccc5ccsc45)cc3[n+]2CCCS(=O)(=O)O)Sc2ccc(-c3cccs3)cc21. The van der Waals surface area contributed by atoms with Crippen molar-refractivity contribution in [2.75, 3.05) is 23.0 Å². The van der Waals surface area contributed by atoms with E-state index in [0.29, 0.717) is 13.1 Å². The molecule has 1 aliphatic heterocycles. The fourth-order valence-corrected chi connectivity index (χ4v) is 10.7. The number of thiophene rings is 2. The predicted molar refractivity (Wildman–Crippen MR) is 196 cm³/mol. The van der Waals surface area contributed by atoms with E-state index in [0.717, 1.165) is 52.4 Å². The third kappa shape index (κ3) is 7.20. The van der Waals surface area contributed by atoms with Crippen molar-refractivity contribution in [2.24, 2.45) is 0 Å². The van der Waals surface area contributed by atoms with Gasteiger partial charge in [0.15, 0.2) is 6.54 Å². The van der Waals surface area contributed by atoms with Crippen LogP contribution in [0.3, 0.4) is 0 Å². The van der Waals surface area contributed by atoms with Gasteiger partial charge in [-0.15, -0.1) is 22.7 Å². The molecule has 4 heterocycles. The lowest BCUT2D eigenvalue weighted by Crippen LogP contribution is -2.36. The van der Waals surface area contributed by atoms with Crippen molar-refractivity contribution in [2.45, 2.75) is 24.3 Å². The Kier molecular flexibility index (Phi) is 9.04. The minimum absolute atomic E-state index is 0.228. The standard InChI is InChI=1S/C33H28N2O6S6/c36-46(37,38)17-3-13-34-26-19-23(25-6-1-5-22-12-16-43-33(22)25)8-10-29(26)44-31(34)21-32-35(14-4-18-47(39,40)41)27-20-24(9-11-30(27)45-32)28-7-2-15-42-28/h1-2,5-12,15-16,19-21H,3-4,13-14,17-18H2,(H-,36,37,38,39,40,41)/p+1. The first-order chi connectivity index (χ1) is 22.5. The Morgan fingerprint density at radius 2 is 1.62 bits per heavy atom. The van der Waals surface area contributed by atoms with Gasteiger partial charge in [0.2, 0.25) is 5.52 Å². The van der Waals surface area contributed by atoms with Crippen LogP contribution in [0.4, 0.5) is 5.69 Å². The zero-order valence-electron chi connectivity index (χ0n) is 24.8. The van der Waals surface area contributed by atoms with Crippen LogP contribution in [-0.2, 0) is 26.8 Å². The molecule has 1 aliphatic rings. The van der Waals surface area contributed by atoms with Gasteiger partial charge in [-0.25, -0.2) is 0 Å². The number of hydrogen-bond donors (Lipinski definition) is 2. The number of anilines is 1. The van der Waals surface area contributed by atoms with E-state index in [9.17, 15) is 25.9 Å². The molecule has 14 heteroatoms. The van der Waals surface area contributed by atoms with Crippen LogP contribution < -0.4 is 9.47 Å². The Morgan fingerprint density at radius 3 is 2.40 bits per heavy atom. The molecule has 8 nitrogen and oxygen atoms in total. The second kappa shape index (κ2) is 13.1. The molecule has 2 N–H and O–H groups in total. The lowest BCUT2D eigenvalue weighted by molar-refractivity contribution is -0.668. The third-order valence-electron chi connectivity index (χ3n) is 7.87. The molecule has 0 aliphatic carbocycles. The summed E-state index contributed by atoms with van der Waals surface area (Å²) in [4.78, 5) is 4.26. The van der Waals surface area contributed by atoms with Crippen LogP contribution in [0.1, 0.15) is 17.8 Å². The van der Waals surface area contributed by atoms with E-state index in [1.807, 2.05) is 17.5 Å². The molecule has 0 unspecified atom stereocenters. The second-order valence-corrected chi connectivity index (χ2v) is 18.2. The van der Waals surface area contributed by atoms with Gasteiger partial charge in [0, 0.05) is 33.5 Å². The van der Waals surface area contributed by atoms with E-state index in [4.69, 9.17) is 0 Å². The number of hydrogen-bond acceptors (Lipinski definition) is 9. The summed E-state index contributed by atoms with van der Waals surface area (Å²) in [5.41, 5.74) is 5.18. The Morgan fingerprint density at radius 1 is 0.809 bits per heavy atom. The molecule has 0 saturated heterocycles. The molecule has 3 aromatic heterocycles. The summed E-state index contributed by atoms with van der Waals surface area (Å²) in [6, 6.07) is 25.1. The van der Waals surface area contributed by atoms with Gasteiger partial charge in [-0.05, 0) is 69.6 Å². The summed E-state index contributed by atoms with van der Waals surface area (Å²) < 4.78 is 69.7. The highest BCUT2D eigenvalue weighted by atomic mass is 32.2. The summed E-state index contributed by atoms with van der Waals surface area (Å²) in [6.45, 7) is 0.747. The predicted octanol–water partition coefficient (Wildman–Crippen LogP) is 8.27. The largest absolute Gasteiger partial charge is 0.335 e. The van der Waals surface area contributed by atoms with Crippen molar-refractivity contribution in [3.63, 3.8) is 0 Å². The van der Waals surface area contributed by atoms with Gasteiger partial charge in [0.1, 0.15) is 4.70 Å². The van der Waals surface area contributed by atoms with Crippen molar-refractivity contribution in [3.05, 3.63) is 93.6 Å². The van der Waals surface area contributed by atoms with Gasteiger partial charge >= 0.3 is 0 Å². The minimum atomic E-state index is -4.13. The highest BCUT2D eigenvalue weighted by Gasteiger charge is 2.29. The first-order valence-electron chi connectivity index (χ1n) is 14.7. The minimum Gasteiger partial charge on any atom is -0.335 e. The highest BCUT2D eigenvalue weighted by molar-refractivity contribution is 8.04. The van der Waals surface area contributed by atoms with Gasteiger partial charge in [0.25, 0.3) is 25.2 Å². The number of nitrogens with zero attached hydrogens (tertiary/aromatic N) is 2. The average Bonchev–Trinajstić information content (AvgIpc) is 3.82. The van der Waals surface area contributed by atoms with Crippen molar-refractivity contribution in [3.8, 4) is 21.6 Å². The van der Waals surface area contributed by atoms with Gasteiger partial charge in [0.05, 0.1) is 28.3 Å². The number of benzene rings is 3. The summed E-state index contributed by atoms with van der Waals surface area (Å²) in [5, 5.41) is 7.09. The highest BCUT2D eigenvalue weighted by Crippen LogP contribution is 2.48. The Bertz CT molecular complexity index is 2360. The van der Waals surface area contributed by atoms with Crippen LogP contribution in [0, 0.1) is 0 Å².